The van der Waals surface area contributed by atoms with Gasteiger partial charge in [-0.3, -0.25) is 9.59 Å². The molecule has 1 aliphatic rings. The van der Waals surface area contributed by atoms with Crippen molar-refractivity contribution in [3.05, 3.63) is 0 Å². The van der Waals surface area contributed by atoms with Crippen molar-refractivity contribution < 1.29 is 14.7 Å². The van der Waals surface area contributed by atoms with Gasteiger partial charge in [-0.25, -0.2) is 0 Å². The number of rotatable bonds is 5. The van der Waals surface area contributed by atoms with Crippen LogP contribution in [0.15, 0.2) is 0 Å². The van der Waals surface area contributed by atoms with Crippen LogP contribution in [0.4, 0.5) is 0 Å². The Labute approximate surface area is 77.5 Å². The second-order valence-corrected chi connectivity index (χ2v) is 3.30. The van der Waals surface area contributed by atoms with Crippen LogP contribution >= 0.6 is 0 Å². The van der Waals surface area contributed by atoms with Gasteiger partial charge >= 0.3 is 5.97 Å². The van der Waals surface area contributed by atoms with E-state index in [4.69, 9.17) is 5.11 Å². The van der Waals surface area contributed by atoms with E-state index in [1.807, 2.05) is 6.92 Å². The van der Waals surface area contributed by atoms with Gasteiger partial charge in [-0.2, -0.15) is 0 Å². The van der Waals surface area contributed by atoms with Crippen LogP contribution in [0.2, 0.25) is 0 Å². The molecule has 1 rings (SSSR count). The largest absolute Gasteiger partial charge is 0.481 e. The number of carbonyl (C=O) groups is 2. The van der Waals surface area contributed by atoms with Crippen LogP contribution in [0.3, 0.4) is 0 Å². The molecule has 1 aliphatic carbocycles. The summed E-state index contributed by atoms with van der Waals surface area (Å²) in [4.78, 5) is 23.4. The molecule has 0 aromatic heterocycles. The van der Waals surface area contributed by atoms with Crippen molar-refractivity contribution in [1.82, 2.24) is 4.90 Å². The lowest BCUT2D eigenvalue weighted by Crippen LogP contribution is -2.32. The third-order valence-corrected chi connectivity index (χ3v) is 2.20. The van der Waals surface area contributed by atoms with Crippen molar-refractivity contribution in [2.24, 2.45) is 0 Å². The first-order valence-corrected chi connectivity index (χ1v) is 4.66. The predicted octanol–water partition coefficient (Wildman–Crippen LogP) is 0.862. The first-order chi connectivity index (χ1) is 6.15. The van der Waals surface area contributed by atoms with Gasteiger partial charge in [0.15, 0.2) is 0 Å². The summed E-state index contributed by atoms with van der Waals surface area (Å²) in [6.07, 6.45) is 2.24. The van der Waals surface area contributed by atoms with Crippen molar-refractivity contribution in [2.75, 3.05) is 6.54 Å². The number of aliphatic carboxylic acids is 1. The maximum atomic E-state index is 11.4. The van der Waals surface area contributed by atoms with Gasteiger partial charge in [0, 0.05) is 19.0 Å². The normalized spacial score (nSPS) is 15.5. The minimum Gasteiger partial charge on any atom is -0.481 e. The maximum Gasteiger partial charge on any atom is 0.303 e. The molecule has 0 radical (unpaired) electrons. The number of amides is 1. The first kappa shape index (κ1) is 10.0. The van der Waals surface area contributed by atoms with Gasteiger partial charge < -0.3 is 10.0 Å². The fraction of sp³-hybridized carbons (Fsp3) is 0.778. The molecular formula is C9H15NO3. The molecule has 0 aromatic carbocycles. The van der Waals surface area contributed by atoms with Gasteiger partial charge in [0.2, 0.25) is 5.91 Å². The van der Waals surface area contributed by atoms with E-state index in [0.717, 1.165) is 12.8 Å². The van der Waals surface area contributed by atoms with E-state index in [2.05, 4.69) is 0 Å². The van der Waals surface area contributed by atoms with Gasteiger partial charge in [-0.1, -0.05) is 0 Å². The molecule has 0 bridgehead atoms. The van der Waals surface area contributed by atoms with Crippen LogP contribution in [0.1, 0.15) is 32.6 Å². The summed E-state index contributed by atoms with van der Waals surface area (Å²) in [7, 11) is 0. The van der Waals surface area contributed by atoms with E-state index >= 15 is 0 Å². The summed E-state index contributed by atoms with van der Waals surface area (Å²) in [6.45, 7) is 2.63. The molecule has 0 unspecified atom stereocenters. The lowest BCUT2D eigenvalue weighted by molar-refractivity contribution is -0.141. The average Bonchev–Trinajstić information content (AvgIpc) is 2.86. The van der Waals surface area contributed by atoms with E-state index in [-0.39, 0.29) is 18.7 Å². The molecule has 0 atom stereocenters. The quantitative estimate of drug-likeness (QED) is 0.691. The highest BCUT2D eigenvalue weighted by molar-refractivity contribution is 5.81. The molecule has 0 saturated heterocycles. The second-order valence-electron chi connectivity index (χ2n) is 3.30. The van der Waals surface area contributed by atoms with Crippen LogP contribution in [0, 0.1) is 0 Å². The van der Waals surface area contributed by atoms with Gasteiger partial charge in [0.25, 0.3) is 0 Å². The van der Waals surface area contributed by atoms with Crippen molar-refractivity contribution in [3.8, 4) is 0 Å². The summed E-state index contributed by atoms with van der Waals surface area (Å²) in [5.74, 6) is -0.924. The lowest BCUT2D eigenvalue weighted by atomic mass is 10.2. The summed E-state index contributed by atoms with van der Waals surface area (Å²) in [5.41, 5.74) is 0. The minimum atomic E-state index is -0.903. The Kier molecular flexibility index (Phi) is 3.28. The smallest absolute Gasteiger partial charge is 0.303 e. The Bertz CT molecular complexity index is 211. The molecular weight excluding hydrogens is 170 g/mol. The summed E-state index contributed by atoms with van der Waals surface area (Å²) in [6, 6.07) is 0.395. The fourth-order valence-corrected chi connectivity index (χ4v) is 1.38. The molecule has 4 nitrogen and oxygen atoms in total. The maximum absolute atomic E-state index is 11.4. The third-order valence-electron chi connectivity index (χ3n) is 2.20. The van der Waals surface area contributed by atoms with Crippen LogP contribution in [0.25, 0.3) is 0 Å². The van der Waals surface area contributed by atoms with Crippen LogP contribution < -0.4 is 0 Å². The van der Waals surface area contributed by atoms with Gasteiger partial charge in [-0.15, -0.1) is 0 Å². The second kappa shape index (κ2) is 4.25. The number of nitrogens with zero attached hydrogens (tertiary/aromatic N) is 1. The highest BCUT2D eigenvalue weighted by atomic mass is 16.4. The number of carboxylic acids is 1. The Balaban J connectivity index is 2.31. The van der Waals surface area contributed by atoms with Crippen LogP contribution in [0.5, 0.6) is 0 Å². The van der Waals surface area contributed by atoms with E-state index in [1.165, 1.54) is 0 Å². The molecule has 1 N–H and O–H groups in total. The SMILES string of the molecule is CCN(C(=O)CCC(=O)O)C1CC1. The molecule has 74 valence electrons. The summed E-state index contributed by atoms with van der Waals surface area (Å²) < 4.78 is 0. The van der Waals surface area contributed by atoms with Gasteiger partial charge in [0.1, 0.15) is 0 Å². The molecule has 0 aromatic rings. The zero-order valence-electron chi connectivity index (χ0n) is 7.82. The van der Waals surface area contributed by atoms with Gasteiger partial charge in [-0.05, 0) is 19.8 Å². The Morgan fingerprint density at radius 1 is 1.38 bits per heavy atom. The van der Waals surface area contributed by atoms with E-state index in [1.54, 1.807) is 4.90 Å². The molecule has 0 heterocycles. The van der Waals surface area contributed by atoms with Gasteiger partial charge in [0.05, 0.1) is 6.42 Å². The molecule has 1 amide bonds. The first-order valence-electron chi connectivity index (χ1n) is 4.66. The number of carboxylic acid groups (broad SMARTS) is 1. The fourth-order valence-electron chi connectivity index (χ4n) is 1.38. The van der Waals surface area contributed by atoms with Crippen molar-refractivity contribution in [2.45, 2.75) is 38.6 Å². The van der Waals surface area contributed by atoms with Crippen LogP contribution in [-0.4, -0.2) is 34.5 Å². The zero-order chi connectivity index (χ0) is 9.84. The number of hydrogen-bond donors (Lipinski definition) is 1. The Hall–Kier alpha value is -1.06. The monoisotopic (exact) mass is 185 g/mol. The molecule has 13 heavy (non-hydrogen) atoms. The van der Waals surface area contributed by atoms with Crippen molar-refractivity contribution in [3.63, 3.8) is 0 Å². The molecule has 0 aliphatic heterocycles. The topological polar surface area (TPSA) is 57.6 Å². The van der Waals surface area contributed by atoms with E-state index in [0.29, 0.717) is 12.6 Å². The Morgan fingerprint density at radius 2 is 2.00 bits per heavy atom. The molecule has 1 fully saturated rings. The number of carbonyl (C=O) groups excluding carboxylic acids is 1. The summed E-state index contributed by atoms with van der Waals surface area (Å²) >= 11 is 0. The summed E-state index contributed by atoms with van der Waals surface area (Å²) in [5, 5.41) is 8.40. The van der Waals surface area contributed by atoms with Crippen molar-refractivity contribution in [1.29, 1.82) is 0 Å². The molecule has 4 heteroatoms. The zero-order valence-corrected chi connectivity index (χ0v) is 7.82. The Morgan fingerprint density at radius 3 is 2.38 bits per heavy atom. The third kappa shape index (κ3) is 3.05. The highest BCUT2D eigenvalue weighted by Gasteiger charge is 2.30. The highest BCUT2D eigenvalue weighted by Crippen LogP contribution is 2.27. The standard InChI is InChI=1S/C9H15NO3/c1-2-10(7-3-4-7)8(11)5-6-9(12)13/h7H,2-6H2,1H3,(H,12,13). The molecule has 0 spiro atoms. The average molecular weight is 185 g/mol. The molecule has 1 saturated carbocycles. The predicted molar refractivity (Wildman–Crippen MR) is 47.3 cm³/mol. The van der Waals surface area contributed by atoms with E-state index < -0.39 is 5.97 Å². The van der Waals surface area contributed by atoms with Crippen molar-refractivity contribution >= 4 is 11.9 Å². The van der Waals surface area contributed by atoms with Crippen LogP contribution in [-0.2, 0) is 9.59 Å². The minimum absolute atomic E-state index is 0.0209. The van der Waals surface area contributed by atoms with E-state index in [9.17, 15) is 9.59 Å². The lowest BCUT2D eigenvalue weighted by Gasteiger charge is -2.19. The number of hydrogen-bond acceptors (Lipinski definition) is 2.